The largest absolute Gasteiger partial charge is 0.444 e. The Balaban J connectivity index is 1.51. The van der Waals surface area contributed by atoms with Gasteiger partial charge in [-0.3, -0.25) is 4.90 Å². The van der Waals surface area contributed by atoms with E-state index in [4.69, 9.17) is 21.6 Å². The van der Waals surface area contributed by atoms with Crippen molar-refractivity contribution in [3.05, 3.63) is 58.6 Å². The Labute approximate surface area is 157 Å². The Morgan fingerprint density at radius 3 is 2.62 bits per heavy atom. The molecule has 4 rings (SSSR count). The van der Waals surface area contributed by atoms with E-state index in [1.54, 1.807) is 17.0 Å². The van der Waals surface area contributed by atoms with Gasteiger partial charge in [0.05, 0.1) is 28.0 Å². The molecule has 0 N–H and O–H groups in total. The van der Waals surface area contributed by atoms with Crippen LogP contribution in [-0.4, -0.2) is 25.2 Å². The van der Waals surface area contributed by atoms with Crippen LogP contribution in [0, 0.1) is 11.3 Å². The van der Waals surface area contributed by atoms with Crippen molar-refractivity contribution >= 4 is 29.1 Å². The molecule has 0 radical (unpaired) electrons. The quantitative estimate of drug-likeness (QED) is 0.792. The lowest BCUT2D eigenvalue weighted by molar-refractivity contribution is 0.137. The normalized spacial score (nSPS) is 17.5. The minimum absolute atomic E-state index is 0.109. The van der Waals surface area contributed by atoms with E-state index >= 15 is 0 Å². The van der Waals surface area contributed by atoms with Gasteiger partial charge in [0.15, 0.2) is 0 Å². The van der Waals surface area contributed by atoms with E-state index in [1.165, 1.54) is 0 Å². The first kappa shape index (κ1) is 16.7. The van der Waals surface area contributed by atoms with Crippen LogP contribution in [0.4, 0.5) is 16.2 Å². The number of amides is 1. The van der Waals surface area contributed by atoms with Gasteiger partial charge in [0.25, 0.3) is 0 Å². The van der Waals surface area contributed by atoms with Crippen LogP contribution >= 0.6 is 11.6 Å². The number of para-hydroxylation sites is 1. The number of ether oxygens (including phenoxy) is 1. The van der Waals surface area contributed by atoms with Gasteiger partial charge in [-0.2, -0.15) is 5.26 Å². The van der Waals surface area contributed by atoms with E-state index in [0.717, 1.165) is 42.9 Å². The maximum Gasteiger partial charge on any atom is 0.414 e. The highest BCUT2D eigenvalue weighted by Gasteiger charge is 2.34. The summed E-state index contributed by atoms with van der Waals surface area (Å²) in [6, 6.07) is 15.5. The minimum Gasteiger partial charge on any atom is -0.444 e. The number of anilines is 2. The molecule has 5 nitrogen and oxygen atoms in total. The molecule has 2 aliphatic heterocycles. The number of hydrogen-bond acceptors (Lipinski definition) is 4. The summed E-state index contributed by atoms with van der Waals surface area (Å²) >= 11 is 6.34. The molecule has 0 spiro atoms. The first-order chi connectivity index (χ1) is 12.7. The number of fused-ring (bicyclic) bond motifs is 1. The van der Waals surface area contributed by atoms with Crippen LogP contribution in [0.2, 0.25) is 5.02 Å². The third-order valence-corrected chi connectivity index (χ3v) is 5.35. The summed E-state index contributed by atoms with van der Waals surface area (Å²) < 4.78 is 5.35. The summed E-state index contributed by atoms with van der Waals surface area (Å²) in [6.07, 6.45) is 1.40. The molecule has 0 aromatic heterocycles. The Morgan fingerprint density at radius 1 is 1.12 bits per heavy atom. The van der Waals surface area contributed by atoms with Crippen molar-refractivity contribution in [2.75, 3.05) is 22.9 Å². The lowest BCUT2D eigenvalue weighted by Crippen LogP contribution is -2.49. The smallest absolute Gasteiger partial charge is 0.414 e. The zero-order valence-corrected chi connectivity index (χ0v) is 14.9. The lowest BCUT2D eigenvalue weighted by atomic mass is 10.00. The zero-order valence-electron chi connectivity index (χ0n) is 14.2. The second-order valence-corrected chi connectivity index (χ2v) is 6.96. The van der Waals surface area contributed by atoms with E-state index in [2.05, 4.69) is 11.0 Å². The summed E-state index contributed by atoms with van der Waals surface area (Å²) in [6.45, 7) is 1.93. The molecule has 1 saturated heterocycles. The third kappa shape index (κ3) is 2.97. The minimum atomic E-state index is -0.265. The number of nitrogens with zero attached hydrogens (tertiary/aromatic N) is 3. The average Bonchev–Trinajstić information content (AvgIpc) is 2.68. The summed E-state index contributed by atoms with van der Waals surface area (Å²) in [5.74, 6) is 0. The Hall–Kier alpha value is -2.71. The highest BCUT2D eigenvalue weighted by atomic mass is 35.5. The number of carbonyl (C=O) groups is 1. The van der Waals surface area contributed by atoms with Crippen molar-refractivity contribution in [3.8, 4) is 6.07 Å². The predicted molar refractivity (Wildman–Crippen MR) is 101 cm³/mol. The second-order valence-electron chi connectivity index (χ2n) is 6.55. The molecule has 132 valence electrons. The van der Waals surface area contributed by atoms with Crippen molar-refractivity contribution in [1.29, 1.82) is 5.26 Å². The molecule has 26 heavy (non-hydrogen) atoms. The molecule has 1 fully saturated rings. The van der Waals surface area contributed by atoms with E-state index in [9.17, 15) is 4.79 Å². The summed E-state index contributed by atoms with van der Waals surface area (Å²) in [4.78, 5) is 16.4. The van der Waals surface area contributed by atoms with Crippen LogP contribution in [0.3, 0.4) is 0 Å². The average molecular weight is 368 g/mol. The zero-order chi connectivity index (χ0) is 18.1. The molecular weight excluding hydrogens is 350 g/mol. The van der Waals surface area contributed by atoms with Crippen LogP contribution in [0.25, 0.3) is 0 Å². The standard InChI is InChI=1S/C20H18ClN3O2/c21-17-11-14(12-22)5-6-19(17)23-9-7-16(8-10-23)24-18-4-2-1-3-15(18)13-26-20(24)25/h1-6,11,16H,7-10,13H2. The highest BCUT2D eigenvalue weighted by Crippen LogP contribution is 2.34. The number of halogens is 1. The molecule has 0 atom stereocenters. The third-order valence-electron chi connectivity index (χ3n) is 5.05. The molecule has 0 saturated carbocycles. The fourth-order valence-electron chi connectivity index (χ4n) is 3.72. The van der Waals surface area contributed by atoms with E-state index in [-0.39, 0.29) is 12.1 Å². The predicted octanol–water partition coefficient (Wildman–Crippen LogP) is 4.34. The first-order valence-corrected chi connectivity index (χ1v) is 9.03. The van der Waals surface area contributed by atoms with Gasteiger partial charge < -0.3 is 9.64 Å². The number of piperidine rings is 1. The molecule has 0 unspecified atom stereocenters. The number of rotatable bonds is 2. The number of benzene rings is 2. The summed E-state index contributed by atoms with van der Waals surface area (Å²) in [5.41, 5.74) is 3.50. The monoisotopic (exact) mass is 367 g/mol. The molecule has 0 bridgehead atoms. The van der Waals surface area contributed by atoms with Crippen molar-refractivity contribution in [3.63, 3.8) is 0 Å². The van der Waals surface area contributed by atoms with Crippen molar-refractivity contribution in [2.24, 2.45) is 0 Å². The maximum atomic E-state index is 12.4. The van der Waals surface area contributed by atoms with Crippen molar-refractivity contribution < 1.29 is 9.53 Å². The fourth-order valence-corrected chi connectivity index (χ4v) is 4.02. The van der Waals surface area contributed by atoms with Crippen LogP contribution in [0.1, 0.15) is 24.0 Å². The maximum absolute atomic E-state index is 12.4. The molecule has 2 aliphatic rings. The van der Waals surface area contributed by atoms with Gasteiger partial charge in [-0.1, -0.05) is 29.8 Å². The van der Waals surface area contributed by atoms with Crippen LogP contribution in [-0.2, 0) is 11.3 Å². The van der Waals surface area contributed by atoms with Gasteiger partial charge >= 0.3 is 6.09 Å². The second kappa shape index (κ2) is 6.89. The van der Waals surface area contributed by atoms with Crippen LogP contribution < -0.4 is 9.80 Å². The topological polar surface area (TPSA) is 56.6 Å². The number of nitriles is 1. The van der Waals surface area contributed by atoms with Crippen molar-refractivity contribution in [1.82, 2.24) is 0 Å². The lowest BCUT2D eigenvalue weighted by Gasteiger charge is -2.41. The Kier molecular flexibility index (Phi) is 4.44. The highest BCUT2D eigenvalue weighted by molar-refractivity contribution is 6.33. The fraction of sp³-hybridized carbons (Fsp3) is 0.300. The molecule has 0 aliphatic carbocycles. The van der Waals surface area contributed by atoms with E-state index < -0.39 is 0 Å². The SMILES string of the molecule is N#Cc1ccc(N2CCC(N3C(=O)OCc4ccccc43)CC2)c(Cl)c1. The molecule has 2 heterocycles. The van der Waals surface area contributed by atoms with Crippen LogP contribution in [0.15, 0.2) is 42.5 Å². The van der Waals surface area contributed by atoms with Gasteiger partial charge in [0, 0.05) is 24.7 Å². The Morgan fingerprint density at radius 2 is 1.88 bits per heavy atom. The Bertz CT molecular complexity index is 885. The van der Waals surface area contributed by atoms with Crippen LogP contribution in [0.5, 0.6) is 0 Å². The molecule has 2 aromatic carbocycles. The van der Waals surface area contributed by atoms with Crippen molar-refractivity contribution in [2.45, 2.75) is 25.5 Å². The molecular formula is C20H18ClN3O2. The first-order valence-electron chi connectivity index (χ1n) is 8.66. The van der Waals surface area contributed by atoms with Gasteiger partial charge in [-0.25, -0.2) is 4.79 Å². The van der Waals surface area contributed by atoms with E-state index in [0.29, 0.717) is 17.2 Å². The van der Waals surface area contributed by atoms with E-state index in [1.807, 2.05) is 30.3 Å². The molecule has 6 heteroatoms. The molecule has 2 aromatic rings. The molecule has 1 amide bonds. The van der Waals surface area contributed by atoms with Gasteiger partial charge in [-0.15, -0.1) is 0 Å². The van der Waals surface area contributed by atoms with Gasteiger partial charge in [-0.05, 0) is 37.1 Å². The number of cyclic esters (lactones) is 1. The summed E-state index contributed by atoms with van der Waals surface area (Å²) in [7, 11) is 0. The number of hydrogen-bond donors (Lipinski definition) is 0. The van der Waals surface area contributed by atoms with Gasteiger partial charge in [0.1, 0.15) is 6.61 Å². The van der Waals surface area contributed by atoms with Gasteiger partial charge in [0.2, 0.25) is 0 Å². The number of carbonyl (C=O) groups excluding carboxylic acids is 1. The summed E-state index contributed by atoms with van der Waals surface area (Å²) in [5, 5.41) is 9.56.